The van der Waals surface area contributed by atoms with Crippen LogP contribution >= 0.6 is 57.2 Å². The molecule has 0 bridgehead atoms. The second-order valence-corrected chi connectivity index (χ2v) is 7.01. The molecule has 17 heavy (non-hydrogen) atoms. The molecule has 0 N–H and O–H groups in total. The number of rotatable bonds is 2. The molecule has 0 saturated carbocycles. The standard InChI is InChI=1S/C12H6Cl2S3/c13-9-10(14)12(8-4-2-6-16-8)17-11(9)7-3-1-5-15-7/h1-6H. The third kappa shape index (κ3) is 2.07. The first-order valence-electron chi connectivity index (χ1n) is 4.83. The maximum Gasteiger partial charge on any atom is 0.0793 e. The number of halogens is 2. The second-order valence-electron chi connectivity index (χ2n) is 3.34. The summed E-state index contributed by atoms with van der Waals surface area (Å²) in [5.74, 6) is 0. The van der Waals surface area contributed by atoms with Gasteiger partial charge in [-0.2, -0.15) is 0 Å². The van der Waals surface area contributed by atoms with Gasteiger partial charge in [-0.3, -0.25) is 0 Å². The highest BCUT2D eigenvalue weighted by molar-refractivity contribution is 7.27. The number of thiophene rings is 3. The molecule has 0 fully saturated rings. The summed E-state index contributed by atoms with van der Waals surface area (Å²) in [6.45, 7) is 0. The molecule has 0 aromatic carbocycles. The molecule has 0 aliphatic heterocycles. The van der Waals surface area contributed by atoms with Gasteiger partial charge in [0, 0.05) is 9.75 Å². The van der Waals surface area contributed by atoms with Crippen molar-refractivity contribution in [2.24, 2.45) is 0 Å². The van der Waals surface area contributed by atoms with E-state index in [0.717, 1.165) is 9.75 Å². The Morgan fingerprint density at radius 3 is 1.59 bits per heavy atom. The molecule has 86 valence electrons. The second kappa shape index (κ2) is 4.75. The molecule has 0 atom stereocenters. The molecule has 0 spiro atoms. The van der Waals surface area contributed by atoms with Gasteiger partial charge >= 0.3 is 0 Å². The van der Waals surface area contributed by atoms with Gasteiger partial charge in [0.05, 0.1) is 19.8 Å². The molecule has 5 heteroatoms. The third-order valence-electron chi connectivity index (χ3n) is 2.29. The van der Waals surface area contributed by atoms with Crippen LogP contribution in [0.3, 0.4) is 0 Å². The van der Waals surface area contributed by atoms with Crippen molar-refractivity contribution >= 4 is 57.2 Å². The van der Waals surface area contributed by atoms with E-state index in [1.165, 1.54) is 9.75 Å². The van der Waals surface area contributed by atoms with Gasteiger partial charge in [0.2, 0.25) is 0 Å². The lowest BCUT2D eigenvalue weighted by molar-refractivity contribution is 1.90. The topological polar surface area (TPSA) is 0 Å². The van der Waals surface area contributed by atoms with Crippen LogP contribution in [-0.4, -0.2) is 0 Å². The van der Waals surface area contributed by atoms with Crippen LogP contribution in [0, 0.1) is 0 Å². The van der Waals surface area contributed by atoms with Crippen LogP contribution in [0.1, 0.15) is 0 Å². The smallest absolute Gasteiger partial charge is 0.0793 e. The van der Waals surface area contributed by atoms with Crippen molar-refractivity contribution in [1.29, 1.82) is 0 Å². The average molecular weight is 317 g/mol. The van der Waals surface area contributed by atoms with Crippen LogP contribution < -0.4 is 0 Å². The van der Waals surface area contributed by atoms with Crippen LogP contribution in [0.4, 0.5) is 0 Å². The highest BCUT2D eigenvalue weighted by Gasteiger charge is 2.18. The minimum atomic E-state index is 0.669. The molecule has 3 heterocycles. The minimum absolute atomic E-state index is 0.669. The Bertz CT molecular complexity index is 566. The van der Waals surface area contributed by atoms with E-state index in [1.54, 1.807) is 34.0 Å². The Balaban J connectivity index is 2.18. The van der Waals surface area contributed by atoms with Gasteiger partial charge < -0.3 is 0 Å². The van der Waals surface area contributed by atoms with Gasteiger partial charge in [0.15, 0.2) is 0 Å². The molecule has 0 radical (unpaired) electrons. The van der Waals surface area contributed by atoms with Crippen molar-refractivity contribution in [2.75, 3.05) is 0 Å². The molecule has 3 aromatic rings. The lowest BCUT2D eigenvalue weighted by Gasteiger charge is -1.91. The maximum atomic E-state index is 6.31. The Hall–Kier alpha value is -0.320. The van der Waals surface area contributed by atoms with Crippen LogP contribution in [0.2, 0.25) is 10.0 Å². The first-order chi connectivity index (χ1) is 8.27. The van der Waals surface area contributed by atoms with E-state index in [1.807, 2.05) is 22.9 Å². The predicted octanol–water partition coefficient (Wildman–Crippen LogP) is 6.51. The minimum Gasteiger partial charge on any atom is -0.143 e. The zero-order valence-electron chi connectivity index (χ0n) is 8.44. The van der Waals surface area contributed by atoms with E-state index < -0.39 is 0 Å². The van der Waals surface area contributed by atoms with E-state index in [-0.39, 0.29) is 0 Å². The normalized spacial score (nSPS) is 10.9. The average Bonchev–Trinajstić information content (AvgIpc) is 3.02. The van der Waals surface area contributed by atoms with Crippen molar-refractivity contribution in [3.05, 3.63) is 45.1 Å². The molecule has 3 aromatic heterocycles. The summed E-state index contributed by atoms with van der Waals surface area (Å²) in [7, 11) is 0. The Morgan fingerprint density at radius 1 is 0.765 bits per heavy atom. The zero-order chi connectivity index (χ0) is 11.8. The Morgan fingerprint density at radius 2 is 1.24 bits per heavy atom. The third-order valence-corrected chi connectivity index (χ3v) is 6.65. The molecule has 0 aliphatic carbocycles. The van der Waals surface area contributed by atoms with Gasteiger partial charge in [-0.25, -0.2) is 0 Å². The van der Waals surface area contributed by atoms with Gasteiger partial charge in [0.25, 0.3) is 0 Å². The van der Waals surface area contributed by atoms with E-state index in [0.29, 0.717) is 10.0 Å². The largest absolute Gasteiger partial charge is 0.143 e. The summed E-state index contributed by atoms with van der Waals surface area (Å²) >= 11 is 17.6. The van der Waals surface area contributed by atoms with Gasteiger partial charge in [0.1, 0.15) is 0 Å². The molecule has 0 nitrogen and oxygen atoms in total. The Kier molecular flexibility index (Phi) is 3.28. The van der Waals surface area contributed by atoms with E-state index in [2.05, 4.69) is 12.1 Å². The first kappa shape index (κ1) is 11.8. The van der Waals surface area contributed by atoms with Crippen LogP contribution in [0.15, 0.2) is 35.0 Å². The van der Waals surface area contributed by atoms with Gasteiger partial charge in [-0.05, 0) is 22.9 Å². The molecule has 0 amide bonds. The highest BCUT2D eigenvalue weighted by Crippen LogP contribution is 2.49. The molecule has 0 saturated heterocycles. The van der Waals surface area contributed by atoms with Crippen molar-refractivity contribution in [2.45, 2.75) is 0 Å². The van der Waals surface area contributed by atoms with Gasteiger partial charge in [-0.15, -0.1) is 34.0 Å². The van der Waals surface area contributed by atoms with Crippen molar-refractivity contribution in [3.63, 3.8) is 0 Å². The summed E-state index contributed by atoms with van der Waals surface area (Å²) in [5, 5.41) is 5.43. The van der Waals surface area contributed by atoms with Crippen molar-refractivity contribution in [3.8, 4) is 19.5 Å². The zero-order valence-corrected chi connectivity index (χ0v) is 12.4. The fourth-order valence-corrected chi connectivity index (χ4v) is 5.17. The maximum absolute atomic E-state index is 6.31. The molecular formula is C12H6Cl2S3. The van der Waals surface area contributed by atoms with Crippen molar-refractivity contribution < 1.29 is 0 Å². The fraction of sp³-hybridized carbons (Fsp3) is 0. The lowest BCUT2D eigenvalue weighted by atomic mass is 10.3. The number of hydrogen-bond donors (Lipinski definition) is 0. The first-order valence-corrected chi connectivity index (χ1v) is 8.16. The summed E-state index contributed by atoms with van der Waals surface area (Å²) in [6, 6.07) is 8.18. The number of hydrogen-bond acceptors (Lipinski definition) is 3. The van der Waals surface area contributed by atoms with E-state index in [4.69, 9.17) is 23.2 Å². The van der Waals surface area contributed by atoms with E-state index in [9.17, 15) is 0 Å². The SMILES string of the molecule is Clc1c(-c2cccs2)sc(-c2cccs2)c1Cl. The molecule has 3 rings (SSSR count). The van der Waals surface area contributed by atoms with Crippen LogP contribution in [-0.2, 0) is 0 Å². The lowest BCUT2D eigenvalue weighted by Crippen LogP contribution is -1.64. The predicted molar refractivity (Wildman–Crippen MR) is 81.0 cm³/mol. The summed E-state index contributed by atoms with van der Waals surface area (Å²) in [6.07, 6.45) is 0. The van der Waals surface area contributed by atoms with Crippen molar-refractivity contribution in [1.82, 2.24) is 0 Å². The summed E-state index contributed by atoms with van der Waals surface area (Å²) in [4.78, 5) is 4.47. The summed E-state index contributed by atoms with van der Waals surface area (Å²) in [5.41, 5.74) is 0. The molecular weight excluding hydrogens is 311 g/mol. The van der Waals surface area contributed by atoms with Crippen LogP contribution in [0.25, 0.3) is 19.5 Å². The summed E-state index contributed by atoms with van der Waals surface area (Å²) < 4.78 is 0. The quantitative estimate of drug-likeness (QED) is 0.505. The monoisotopic (exact) mass is 316 g/mol. The van der Waals surface area contributed by atoms with E-state index >= 15 is 0 Å². The fourth-order valence-electron chi connectivity index (χ4n) is 1.52. The molecule has 0 unspecified atom stereocenters. The van der Waals surface area contributed by atoms with Crippen LogP contribution in [0.5, 0.6) is 0 Å². The highest BCUT2D eigenvalue weighted by atomic mass is 35.5. The molecule has 0 aliphatic rings. The van der Waals surface area contributed by atoms with Gasteiger partial charge in [-0.1, -0.05) is 35.3 Å². The Labute approximate surface area is 121 Å².